The van der Waals surface area contributed by atoms with Crippen molar-refractivity contribution in [3.63, 3.8) is 0 Å². The predicted molar refractivity (Wildman–Crippen MR) is 207 cm³/mol. The minimum Gasteiger partial charge on any atom is -0.371 e. The molecule has 1 unspecified atom stereocenters. The second-order valence-electron chi connectivity index (χ2n) is 15.2. The van der Waals surface area contributed by atoms with Gasteiger partial charge in [-0.05, 0) is 91.6 Å². The normalized spacial score (nSPS) is 18.9. The molecule has 9 rings (SSSR count). The standard InChI is InChI=1S/C41H42N10O4/c1-23-5-4-6-24(2)35(23)45-36-32-19-42-41(46-37(32)48(3)47-36)43-28-8-7-26-21-49(22-27(26)17-28)20-25-13-15-50(16-14-25)29-9-10-30-31(18-29)40(55)51(39(30)54)33-11-12-34(52)44-38(33)53/h4-10,17-19,25,33H,11-16,20-22H2,1-3H3,(H,45,47)(H,42,43,46)(H,44,52,53). The molecule has 2 saturated heterocycles. The molecule has 1 atom stereocenters. The van der Waals surface area contributed by atoms with Crippen LogP contribution in [0.4, 0.5) is 28.8 Å². The van der Waals surface area contributed by atoms with Gasteiger partial charge in [-0.15, -0.1) is 0 Å². The van der Waals surface area contributed by atoms with Crippen molar-refractivity contribution in [2.45, 2.75) is 58.7 Å². The lowest BCUT2D eigenvalue weighted by atomic mass is 9.95. The largest absolute Gasteiger partial charge is 0.371 e. The summed E-state index contributed by atoms with van der Waals surface area (Å²) in [4.78, 5) is 65.8. The Morgan fingerprint density at radius 3 is 2.40 bits per heavy atom. The number of imide groups is 2. The number of hydrogen-bond acceptors (Lipinski definition) is 11. The van der Waals surface area contributed by atoms with Gasteiger partial charge in [0.25, 0.3) is 11.8 Å². The van der Waals surface area contributed by atoms with Gasteiger partial charge in [-0.3, -0.25) is 34.3 Å². The maximum atomic E-state index is 13.3. The third-order valence-corrected chi connectivity index (χ3v) is 11.5. The molecule has 2 aromatic heterocycles. The Kier molecular flexibility index (Phi) is 8.56. The Balaban J connectivity index is 0.800. The van der Waals surface area contributed by atoms with E-state index in [0.29, 0.717) is 23.0 Å². The molecule has 4 amide bonds. The monoisotopic (exact) mass is 738 g/mol. The third kappa shape index (κ3) is 6.35. The van der Waals surface area contributed by atoms with E-state index in [2.05, 4.69) is 74.9 Å². The van der Waals surface area contributed by atoms with Gasteiger partial charge in [0.15, 0.2) is 11.5 Å². The van der Waals surface area contributed by atoms with E-state index >= 15 is 0 Å². The van der Waals surface area contributed by atoms with Crippen molar-refractivity contribution < 1.29 is 19.2 Å². The number of anilines is 5. The lowest BCUT2D eigenvalue weighted by Crippen LogP contribution is -2.54. The fourth-order valence-corrected chi connectivity index (χ4v) is 8.52. The van der Waals surface area contributed by atoms with Crippen LogP contribution in [0.25, 0.3) is 11.0 Å². The number of fused-ring (bicyclic) bond motifs is 3. The van der Waals surface area contributed by atoms with Gasteiger partial charge in [-0.2, -0.15) is 10.1 Å². The first kappa shape index (κ1) is 34.6. The van der Waals surface area contributed by atoms with Gasteiger partial charge < -0.3 is 15.5 Å². The van der Waals surface area contributed by atoms with E-state index in [0.717, 1.165) is 95.5 Å². The fourth-order valence-electron chi connectivity index (χ4n) is 8.52. The summed E-state index contributed by atoms with van der Waals surface area (Å²) in [6, 6.07) is 17.1. The molecule has 0 spiro atoms. The molecule has 3 aromatic carbocycles. The lowest BCUT2D eigenvalue weighted by Gasteiger charge is -2.35. The van der Waals surface area contributed by atoms with Crippen LogP contribution in [0.5, 0.6) is 0 Å². The number of benzene rings is 3. The summed E-state index contributed by atoms with van der Waals surface area (Å²) in [6.45, 7) is 8.65. The molecular formula is C41H42N10O4. The molecule has 0 radical (unpaired) electrons. The quantitative estimate of drug-likeness (QED) is 0.182. The van der Waals surface area contributed by atoms with E-state index in [9.17, 15) is 19.2 Å². The number of aromatic nitrogens is 4. The van der Waals surface area contributed by atoms with Crippen LogP contribution in [-0.2, 0) is 29.7 Å². The first-order chi connectivity index (χ1) is 26.6. The molecule has 5 aromatic rings. The van der Waals surface area contributed by atoms with Gasteiger partial charge in [0, 0.05) is 69.5 Å². The van der Waals surface area contributed by atoms with Crippen molar-refractivity contribution in [1.29, 1.82) is 0 Å². The van der Waals surface area contributed by atoms with E-state index in [-0.39, 0.29) is 18.7 Å². The maximum absolute atomic E-state index is 13.3. The number of para-hydroxylation sites is 1. The van der Waals surface area contributed by atoms with Crippen LogP contribution in [0.2, 0.25) is 0 Å². The molecule has 280 valence electrons. The second-order valence-corrected chi connectivity index (χ2v) is 15.2. The molecule has 55 heavy (non-hydrogen) atoms. The minimum atomic E-state index is -0.966. The number of nitrogens with one attached hydrogen (secondary N) is 3. The summed E-state index contributed by atoms with van der Waals surface area (Å²) in [6.07, 6.45) is 4.09. The number of nitrogens with zero attached hydrogens (tertiary/aromatic N) is 7. The number of piperidine rings is 2. The second kappa shape index (κ2) is 13.6. The van der Waals surface area contributed by atoms with Crippen molar-refractivity contribution in [3.8, 4) is 0 Å². The summed E-state index contributed by atoms with van der Waals surface area (Å²) >= 11 is 0. The number of amides is 4. The molecule has 4 aliphatic rings. The Morgan fingerprint density at radius 1 is 0.855 bits per heavy atom. The zero-order valence-corrected chi connectivity index (χ0v) is 31.1. The Hall–Kier alpha value is -6.15. The molecule has 6 heterocycles. The van der Waals surface area contributed by atoms with Gasteiger partial charge in [0.2, 0.25) is 17.8 Å². The van der Waals surface area contributed by atoms with E-state index in [4.69, 9.17) is 10.1 Å². The Labute approximate surface area is 317 Å². The highest BCUT2D eigenvalue weighted by Crippen LogP contribution is 2.34. The maximum Gasteiger partial charge on any atom is 0.262 e. The van der Waals surface area contributed by atoms with Crippen molar-refractivity contribution >= 4 is 63.5 Å². The highest BCUT2D eigenvalue weighted by Gasteiger charge is 2.45. The molecular weight excluding hydrogens is 697 g/mol. The van der Waals surface area contributed by atoms with Crippen molar-refractivity contribution in [1.82, 2.24) is 34.9 Å². The average molecular weight is 739 g/mol. The molecule has 3 N–H and O–H groups in total. The molecule has 14 heteroatoms. The number of hydrogen-bond donors (Lipinski definition) is 3. The van der Waals surface area contributed by atoms with Crippen molar-refractivity contribution in [2.24, 2.45) is 13.0 Å². The van der Waals surface area contributed by atoms with Gasteiger partial charge in [-0.1, -0.05) is 24.3 Å². The Morgan fingerprint density at radius 2 is 1.62 bits per heavy atom. The highest BCUT2D eigenvalue weighted by molar-refractivity contribution is 6.23. The van der Waals surface area contributed by atoms with Crippen LogP contribution in [0, 0.1) is 19.8 Å². The van der Waals surface area contributed by atoms with Crippen molar-refractivity contribution in [2.75, 3.05) is 35.2 Å². The summed E-state index contributed by atoms with van der Waals surface area (Å²) in [5, 5.41) is 14.7. The number of carbonyl (C=O) groups excluding carboxylic acids is 4. The van der Waals surface area contributed by atoms with Crippen LogP contribution in [-0.4, -0.2) is 78.9 Å². The average Bonchev–Trinajstić information content (AvgIpc) is 3.80. The van der Waals surface area contributed by atoms with Crippen LogP contribution in [0.3, 0.4) is 0 Å². The van der Waals surface area contributed by atoms with Gasteiger partial charge in [-0.25, -0.2) is 9.67 Å². The molecule has 2 fully saturated rings. The summed E-state index contributed by atoms with van der Waals surface area (Å²) < 4.78 is 1.77. The highest BCUT2D eigenvalue weighted by atomic mass is 16.2. The van der Waals surface area contributed by atoms with Crippen LogP contribution in [0.1, 0.15) is 68.7 Å². The zero-order valence-electron chi connectivity index (χ0n) is 31.1. The predicted octanol–water partition coefficient (Wildman–Crippen LogP) is 5.10. The number of rotatable bonds is 8. The van der Waals surface area contributed by atoms with E-state index in [1.54, 1.807) is 16.8 Å². The molecule has 4 aliphatic heterocycles. The SMILES string of the molecule is Cc1cccc(C)c1Nc1nn(C)c2nc(Nc3ccc4c(c3)CN(CC3CCN(c5ccc6c(c5)C(=O)N(C5CCC(=O)NC5=O)C6=O)CC3)C4)ncc12. The fraction of sp³-hybridized carbons (Fsp3) is 0.341. The molecule has 0 bridgehead atoms. The molecule has 0 saturated carbocycles. The topological polar surface area (TPSA) is 158 Å². The summed E-state index contributed by atoms with van der Waals surface area (Å²) in [7, 11) is 1.89. The van der Waals surface area contributed by atoms with Crippen LogP contribution >= 0.6 is 0 Å². The molecule has 0 aliphatic carbocycles. The van der Waals surface area contributed by atoms with E-state index < -0.39 is 23.8 Å². The van der Waals surface area contributed by atoms with Gasteiger partial charge in [0.1, 0.15) is 6.04 Å². The smallest absolute Gasteiger partial charge is 0.262 e. The van der Waals surface area contributed by atoms with Crippen LogP contribution < -0.4 is 20.9 Å². The summed E-state index contributed by atoms with van der Waals surface area (Å²) in [5.41, 5.74) is 9.17. The zero-order chi connectivity index (χ0) is 38.0. The van der Waals surface area contributed by atoms with E-state index in [1.807, 2.05) is 25.4 Å². The number of aryl methyl sites for hydroxylation is 3. The lowest BCUT2D eigenvalue weighted by molar-refractivity contribution is -0.136. The van der Waals surface area contributed by atoms with E-state index in [1.165, 1.54) is 11.1 Å². The number of carbonyl (C=O) groups is 4. The minimum absolute atomic E-state index is 0.0978. The van der Waals surface area contributed by atoms with Gasteiger partial charge in [0.05, 0.1) is 16.5 Å². The molecule has 14 nitrogen and oxygen atoms in total. The van der Waals surface area contributed by atoms with Gasteiger partial charge >= 0.3 is 0 Å². The Bertz CT molecular complexity index is 2400. The first-order valence-electron chi connectivity index (χ1n) is 18.8. The van der Waals surface area contributed by atoms with Crippen LogP contribution in [0.15, 0.2) is 60.8 Å². The first-order valence-corrected chi connectivity index (χ1v) is 18.8. The summed E-state index contributed by atoms with van der Waals surface area (Å²) in [5.74, 6) is -0.166. The third-order valence-electron chi connectivity index (χ3n) is 11.5. The van der Waals surface area contributed by atoms with Crippen molar-refractivity contribution in [3.05, 3.63) is 94.2 Å².